The van der Waals surface area contributed by atoms with Gasteiger partial charge in [-0.05, 0) is 25.7 Å². The summed E-state index contributed by atoms with van der Waals surface area (Å²) in [6.07, 6.45) is 39.5. The molecule has 0 aromatic carbocycles. The molecule has 0 saturated carbocycles. The summed E-state index contributed by atoms with van der Waals surface area (Å²) >= 11 is 0. The van der Waals surface area contributed by atoms with Gasteiger partial charge in [-0.25, -0.2) is 0 Å². The predicted molar refractivity (Wildman–Crippen MR) is 154 cm³/mol. The Morgan fingerprint density at radius 1 is 0.382 bits per heavy atom. The van der Waals surface area contributed by atoms with E-state index in [-0.39, 0.29) is 0 Å². The highest BCUT2D eigenvalue weighted by Crippen LogP contribution is 2.24. The maximum Gasteiger partial charge on any atom is 0.101 e. The van der Waals surface area contributed by atoms with Gasteiger partial charge in [-0.2, -0.15) is 0 Å². The molecule has 2 nitrogen and oxygen atoms in total. The minimum absolute atomic E-state index is 0.643. The SMILES string of the molecule is CCCCCCCCCCCCCC1N(CCCCCCCC)C=CN1CCCCCCCC. The summed E-state index contributed by atoms with van der Waals surface area (Å²) in [6, 6.07) is 0. The molecule has 0 fully saturated rings. The minimum Gasteiger partial charge on any atom is -0.356 e. The van der Waals surface area contributed by atoms with Crippen molar-refractivity contribution in [3.05, 3.63) is 12.4 Å². The van der Waals surface area contributed by atoms with Gasteiger partial charge >= 0.3 is 0 Å². The van der Waals surface area contributed by atoms with Gasteiger partial charge in [-0.3, -0.25) is 0 Å². The van der Waals surface area contributed by atoms with Crippen LogP contribution in [0.15, 0.2) is 12.4 Å². The Labute approximate surface area is 216 Å². The zero-order chi connectivity index (χ0) is 24.5. The van der Waals surface area contributed by atoms with Gasteiger partial charge in [0.25, 0.3) is 0 Å². The van der Waals surface area contributed by atoms with Crippen molar-refractivity contribution >= 4 is 0 Å². The highest BCUT2D eigenvalue weighted by atomic mass is 15.4. The average molecular weight is 477 g/mol. The zero-order valence-corrected chi connectivity index (χ0v) is 24.0. The van der Waals surface area contributed by atoms with Crippen molar-refractivity contribution in [1.29, 1.82) is 0 Å². The van der Waals surface area contributed by atoms with E-state index in [1.165, 1.54) is 167 Å². The second kappa shape index (κ2) is 24.1. The van der Waals surface area contributed by atoms with E-state index in [4.69, 9.17) is 0 Å². The van der Waals surface area contributed by atoms with Gasteiger partial charge in [0, 0.05) is 25.5 Å². The molecule has 1 rings (SSSR count). The van der Waals surface area contributed by atoms with Crippen LogP contribution < -0.4 is 0 Å². The van der Waals surface area contributed by atoms with Crippen LogP contribution in [0.2, 0.25) is 0 Å². The van der Waals surface area contributed by atoms with Crippen LogP contribution in [0.3, 0.4) is 0 Å². The molecule has 34 heavy (non-hydrogen) atoms. The third-order valence-electron chi connectivity index (χ3n) is 7.82. The highest BCUT2D eigenvalue weighted by Gasteiger charge is 2.24. The van der Waals surface area contributed by atoms with E-state index in [0.29, 0.717) is 6.17 Å². The lowest BCUT2D eigenvalue weighted by Gasteiger charge is -2.33. The molecule has 0 unspecified atom stereocenters. The Balaban J connectivity index is 2.24. The van der Waals surface area contributed by atoms with Crippen molar-refractivity contribution in [3.8, 4) is 0 Å². The van der Waals surface area contributed by atoms with E-state index >= 15 is 0 Å². The van der Waals surface area contributed by atoms with Gasteiger partial charge in [-0.15, -0.1) is 0 Å². The van der Waals surface area contributed by atoms with Gasteiger partial charge in [0.1, 0.15) is 6.17 Å². The van der Waals surface area contributed by atoms with Crippen molar-refractivity contribution < 1.29 is 0 Å². The topological polar surface area (TPSA) is 6.48 Å². The summed E-state index contributed by atoms with van der Waals surface area (Å²) in [4.78, 5) is 5.38. The van der Waals surface area contributed by atoms with E-state index in [0.717, 1.165) is 0 Å². The number of hydrogen-bond donors (Lipinski definition) is 0. The number of unbranched alkanes of at least 4 members (excludes halogenated alkanes) is 20. The fourth-order valence-electron chi connectivity index (χ4n) is 5.48. The summed E-state index contributed by atoms with van der Waals surface area (Å²) in [5.74, 6) is 0. The van der Waals surface area contributed by atoms with Crippen LogP contribution >= 0.6 is 0 Å². The lowest BCUT2D eigenvalue weighted by Crippen LogP contribution is -2.39. The lowest BCUT2D eigenvalue weighted by atomic mass is 10.0. The Morgan fingerprint density at radius 2 is 0.676 bits per heavy atom. The van der Waals surface area contributed by atoms with E-state index < -0.39 is 0 Å². The molecular formula is C32H64N2. The number of nitrogens with zero attached hydrogens (tertiary/aromatic N) is 2. The average Bonchev–Trinajstić information content (AvgIpc) is 3.23. The molecule has 0 N–H and O–H groups in total. The maximum absolute atomic E-state index is 2.69. The van der Waals surface area contributed by atoms with E-state index in [2.05, 4.69) is 43.0 Å². The lowest BCUT2D eigenvalue weighted by molar-refractivity contribution is 0.135. The van der Waals surface area contributed by atoms with Crippen LogP contribution in [-0.4, -0.2) is 29.1 Å². The summed E-state index contributed by atoms with van der Waals surface area (Å²) in [5.41, 5.74) is 0. The van der Waals surface area contributed by atoms with Crippen LogP contribution in [0, 0.1) is 0 Å². The molecule has 0 amide bonds. The molecule has 0 aromatic rings. The monoisotopic (exact) mass is 477 g/mol. The van der Waals surface area contributed by atoms with Gasteiger partial charge in [-0.1, -0.05) is 149 Å². The van der Waals surface area contributed by atoms with Crippen molar-refractivity contribution in [2.75, 3.05) is 13.1 Å². The fraction of sp³-hybridized carbons (Fsp3) is 0.938. The summed E-state index contributed by atoms with van der Waals surface area (Å²) < 4.78 is 0. The quantitative estimate of drug-likeness (QED) is 0.114. The third kappa shape index (κ3) is 16.9. The van der Waals surface area contributed by atoms with E-state index in [9.17, 15) is 0 Å². The first-order chi connectivity index (χ1) is 16.8. The molecule has 0 bridgehead atoms. The molecule has 0 aromatic heterocycles. The van der Waals surface area contributed by atoms with Crippen LogP contribution in [0.4, 0.5) is 0 Å². The van der Waals surface area contributed by atoms with Crippen LogP contribution in [0.1, 0.15) is 175 Å². The van der Waals surface area contributed by atoms with E-state index in [1.54, 1.807) is 0 Å². The highest BCUT2D eigenvalue weighted by molar-refractivity contribution is 4.97. The molecule has 0 saturated heterocycles. The van der Waals surface area contributed by atoms with Gasteiger partial charge in [0.2, 0.25) is 0 Å². The first-order valence-electron chi connectivity index (χ1n) is 16.0. The molecule has 1 heterocycles. The second-order valence-electron chi connectivity index (χ2n) is 11.1. The molecule has 202 valence electrons. The predicted octanol–water partition coefficient (Wildman–Crippen LogP) is 10.8. The molecule has 2 heteroatoms. The molecule has 0 spiro atoms. The molecular weight excluding hydrogens is 412 g/mol. The number of rotatable bonds is 26. The van der Waals surface area contributed by atoms with Crippen LogP contribution in [0.25, 0.3) is 0 Å². The first-order valence-corrected chi connectivity index (χ1v) is 16.0. The van der Waals surface area contributed by atoms with Gasteiger partial charge < -0.3 is 9.80 Å². The molecule has 0 atom stereocenters. The molecule has 0 aliphatic carbocycles. The van der Waals surface area contributed by atoms with E-state index in [1.807, 2.05) is 0 Å². The standard InChI is InChI=1S/C32H64N2/c1-4-7-10-13-16-17-18-19-20-21-24-27-32-33(28-25-22-14-11-8-5-2)30-31-34(32)29-26-23-15-12-9-6-3/h30-32H,4-29H2,1-3H3. The smallest absolute Gasteiger partial charge is 0.101 e. The molecule has 1 aliphatic rings. The van der Waals surface area contributed by atoms with Crippen LogP contribution in [-0.2, 0) is 0 Å². The Bertz CT molecular complexity index is 407. The molecule has 1 aliphatic heterocycles. The normalized spacial score (nSPS) is 14.1. The zero-order valence-electron chi connectivity index (χ0n) is 24.0. The van der Waals surface area contributed by atoms with Crippen molar-refractivity contribution in [1.82, 2.24) is 9.80 Å². The van der Waals surface area contributed by atoms with Crippen molar-refractivity contribution in [2.45, 2.75) is 181 Å². The summed E-state index contributed by atoms with van der Waals surface area (Å²) in [5, 5.41) is 0. The van der Waals surface area contributed by atoms with Crippen molar-refractivity contribution in [2.24, 2.45) is 0 Å². The third-order valence-corrected chi connectivity index (χ3v) is 7.82. The maximum atomic E-state index is 2.69. The van der Waals surface area contributed by atoms with Crippen LogP contribution in [0.5, 0.6) is 0 Å². The Kier molecular flexibility index (Phi) is 22.2. The van der Waals surface area contributed by atoms with Gasteiger partial charge in [0.05, 0.1) is 0 Å². The Morgan fingerprint density at radius 3 is 1.03 bits per heavy atom. The Hall–Kier alpha value is -0.660. The molecule has 0 radical (unpaired) electrons. The van der Waals surface area contributed by atoms with Crippen molar-refractivity contribution in [3.63, 3.8) is 0 Å². The fourth-order valence-corrected chi connectivity index (χ4v) is 5.48. The largest absolute Gasteiger partial charge is 0.356 e. The minimum atomic E-state index is 0.643. The summed E-state index contributed by atoms with van der Waals surface area (Å²) in [7, 11) is 0. The number of hydrogen-bond acceptors (Lipinski definition) is 2. The summed E-state index contributed by atoms with van der Waals surface area (Å²) in [6.45, 7) is 9.46. The second-order valence-corrected chi connectivity index (χ2v) is 11.1. The van der Waals surface area contributed by atoms with Gasteiger partial charge in [0.15, 0.2) is 0 Å². The first kappa shape index (κ1) is 31.4.